The first-order valence-corrected chi connectivity index (χ1v) is 4.95. The van der Waals surface area contributed by atoms with Crippen LogP contribution in [-0.4, -0.2) is 31.2 Å². The molecule has 0 spiro atoms. The predicted molar refractivity (Wildman–Crippen MR) is 59.8 cm³/mol. The largest absolute Gasteiger partial charge is 0.497 e. The summed E-state index contributed by atoms with van der Waals surface area (Å²) in [5.74, 6) is 0.612. The van der Waals surface area contributed by atoms with Crippen LogP contribution in [0.5, 0.6) is 5.75 Å². The van der Waals surface area contributed by atoms with Gasteiger partial charge in [-0.3, -0.25) is 10.1 Å². The van der Waals surface area contributed by atoms with Gasteiger partial charge < -0.3 is 15.4 Å². The fraction of sp³-hybridized carbons (Fsp3) is 0.400. The van der Waals surface area contributed by atoms with Gasteiger partial charge in [0.2, 0.25) is 0 Å². The summed E-state index contributed by atoms with van der Waals surface area (Å²) >= 11 is 0. The van der Waals surface area contributed by atoms with Crippen molar-refractivity contribution in [3.8, 4) is 5.75 Å². The van der Waals surface area contributed by atoms with Gasteiger partial charge in [-0.1, -0.05) is 0 Å². The van der Waals surface area contributed by atoms with E-state index >= 15 is 0 Å². The summed E-state index contributed by atoms with van der Waals surface area (Å²) in [6.07, 6.45) is 0. The molecule has 0 atom stereocenters. The molecule has 0 unspecified atom stereocenters. The molecule has 86 valence electrons. The van der Waals surface area contributed by atoms with Crippen LogP contribution < -0.4 is 15.4 Å². The summed E-state index contributed by atoms with van der Waals surface area (Å²) in [5.41, 5.74) is 6.33. The van der Waals surface area contributed by atoms with Crippen molar-refractivity contribution in [1.82, 2.24) is 0 Å². The maximum Gasteiger partial charge on any atom is 0.292 e. The number of nitrogens with zero attached hydrogens (tertiary/aromatic N) is 2. The number of benzene rings is 1. The van der Waals surface area contributed by atoms with Crippen molar-refractivity contribution in [2.24, 2.45) is 5.73 Å². The van der Waals surface area contributed by atoms with E-state index in [1.807, 2.05) is 4.90 Å². The summed E-state index contributed by atoms with van der Waals surface area (Å²) < 4.78 is 5.05. The van der Waals surface area contributed by atoms with Gasteiger partial charge in [-0.05, 0) is 6.07 Å². The Morgan fingerprint density at radius 1 is 1.56 bits per heavy atom. The molecule has 2 N–H and O–H groups in total. The standard InChI is InChI=1S/C10H13N3O3/c1-16-8-2-3-9(13(14)15)10(4-8)12-5-7(11)6-12/h2-4,7H,5-6,11H2,1H3. The molecular formula is C10H13N3O3. The van der Waals surface area contributed by atoms with Crippen molar-refractivity contribution in [3.63, 3.8) is 0 Å². The molecule has 1 heterocycles. The summed E-state index contributed by atoms with van der Waals surface area (Å²) in [7, 11) is 1.53. The second-order valence-corrected chi connectivity index (χ2v) is 3.78. The molecule has 0 bridgehead atoms. The molecule has 16 heavy (non-hydrogen) atoms. The van der Waals surface area contributed by atoms with Crippen LogP contribution in [0.3, 0.4) is 0 Å². The zero-order valence-corrected chi connectivity index (χ0v) is 8.92. The number of hydrogen-bond acceptors (Lipinski definition) is 5. The molecule has 6 nitrogen and oxygen atoms in total. The lowest BCUT2D eigenvalue weighted by atomic mass is 10.1. The molecular weight excluding hydrogens is 210 g/mol. The Labute approximate surface area is 92.8 Å². The van der Waals surface area contributed by atoms with Crippen LogP contribution in [0.15, 0.2) is 18.2 Å². The molecule has 1 aliphatic rings. The lowest BCUT2D eigenvalue weighted by Gasteiger charge is -2.38. The maximum absolute atomic E-state index is 10.9. The van der Waals surface area contributed by atoms with E-state index in [1.165, 1.54) is 13.2 Å². The van der Waals surface area contributed by atoms with Crippen molar-refractivity contribution in [2.75, 3.05) is 25.1 Å². The zero-order chi connectivity index (χ0) is 11.7. The van der Waals surface area contributed by atoms with Crippen LogP contribution in [0.1, 0.15) is 0 Å². The maximum atomic E-state index is 10.9. The number of hydrogen-bond donors (Lipinski definition) is 1. The van der Waals surface area contributed by atoms with Crippen LogP contribution in [0.4, 0.5) is 11.4 Å². The van der Waals surface area contributed by atoms with Crippen molar-refractivity contribution >= 4 is 11.4 Å². The van der Waals surface area contributed by atoms with Crippen molar-refractivity contribution < 1.29 is 9.66 Å². The minimum Gasteiger partial charge on any atom is -0.497 e. The average Bonchev–Trinajstić information content (AvgIpc) is 2.23. The summed E-state index contributed by atoms with van der Waals surface area (Å²) in [4.78, 5) is 12.3. The van der Waals surface area contributed by atoms with E-state index in [0.29, 0.717) is 24.5 Å². The minimum absolute atomic E-state index is 0.0905. The summed E-state index contributed by atoms with van der Waals surface area (Å²) in [6, 6.07) is 4.81. The van der Waals surface area contributed by atoms with Crippen LogP contribution in [0.2, 0.25) is 0 Å². The molecule has 1 fully saturated rings. The Hall–Kier alpha value is -1.82. The third-order valence-electron chi connectivity index (χ3n) is 2.63. The predicted octanol–water partition coefficient (Wildman–Crippen LogP) is 0.751. The van der Waals surface area contributed by atoms with E-state index in [2.05, 4.69) is 0 Å². The molecule has 0 aromatic heterocycles. The highest BCUT2D eigenvalue weighted by atomic mass is 16.6. The first-order chi connectivity index (χ1) is 7.61. The van der Waals surface area contributed by atoms with E-state index in [0.717, 1.165) is 0 Å². The van der Waals surface area contributed by atoms with Gasteiger partial charge in [0, 0.05) is 31.3 Å². The van der Waals surface area contributed by atoms with E-state index in [1.54, 1.807) is 12.1 Å². The Kier molecular flexibility index (Phi) is 2.66. The molecule has 0 amide bonds. The SMILES string of the molecule is COc1ccc([N+](=O)[O-])c(N2CC(N)C2)c1. The smallest absolute Gasteiger partial charge is 0.292 e. The van der Waals surface area contributed by atoms with E-state index in [-0.39, 0.29) is 11.7 Å². The Bertz CT molecular complexity index is 416. The van der Waals surface area contributed by atoms with Gasteiger partial charge >= 0.3 is 0 Å². The highest BCUT2D eigenvalue weighted by molar-refractivity contribution is 5.67. The average molecular weight is 223 g/mol. The molecule has 0 radical (unpaired) electrons. The van der Waals surface area contributed by atoms with Crippen LogP contribution in [0.25, 0.3) is 0 Å². The number of anilines is 1. The number of rotatable bonds is 3. The fourth-order valence-corrected chi connectivity index (χ4v) is 1.75. The number of nitro groups is 1. The van der Waals surface area contributed by atoms with Crippen molar-refractivity contribution in [3.05, 3.63) is 28.3 Å². The summed E-state index contributed by atoms with van der Waals surface area (Å²) in [5, 5.41) is 10.9. The quantitative estimate of drug-likeness (QED) is 0.604. The second-order valence-electron chi connectivity index (χ2n) is 3.78. The van der Waals surface area contributed by atoms with Crippen LogP contribution in [0, 0.1) is 10.1 Å². The van der Waals surface area contributed by atoms with Gasteiger partial charge in [0.25, 0.3) is 5.69 Å². The fourth-order valence-electron chi connectivity index (χ4n) is 1.75. The van der Waals surface area contributed by atoms with Gasteiger partial charge in [-0.15, -0.1) is 0 Å². The van der Waals surface area contributed by atoms with Crippen LogP contribution in [-0.2, 0) is 0 Å². The highest BCUT2D eigenvalue weighted by Crippen LogP contribution is 2.34. The molecule has 1 aromatic rings. The normalized spacial score (nSPS) is 15.8. The lowest BCUT2D eigenvalue weighted by Crippen LogP contribution is -2.56. The molecule has 6 heteroatoms. The van der Waals surface area contributed by atoms with Gasteiger partial charge in [0.05, 0.1) is 12.0 Å². The number of nitrogens with two attached hydrogens (primary N) is 1. The van der Waals surface area contributed by atoms with E-state index in [9.17, 15) is 10.1 Å². The second kappa shape index (κ2) is 3.97. The molecule has 1 saturated heterocycles. The third-order valence-corrected chi connectivity index (χ3v) is 2.63. The number of nitro benzene ring substituents is 1. The molecule has 1 aromatic carbocycles. The number of methoxy groups -OCH3 is 1. The Balaban J connectivity index is 2.35. The third kappa shape index (κ3) is 1.79. The topological polar surface area (TPSA) is 81.6 Å². The van der Waals surface area contributed by atoms with E-state index < -0.39 is 4.92 Å². The molecule has 2 rings (SSSR count). The molecule has 0 saturated carbocycles. The Morgan fingerprint density at radius 3 is 2.75 bits per heavy atom. The molecule has 1 aliphatic heterocycles. The Morgan fingerprint density at radius 2 is 2.25 bits per heavy atom. The summed E-state index contributed by atoms with van der Waals surface area (Å²) in [6.45, 7) is 1.29. The lowest BCUT2D eigenvalue weighted by molar-refractivity contribution is -0.384. The van der Waals surface area contributed by atoms with Gasteiger partial charge in [0.15, 0.2) is 0 Å². The highest BCUT2D eigenvalue weighted by Gasteiger charge is 2.29. The van der Waals surface area contributed by atoms with Gasteiger partial charge in [0.1, 0.15) is 11.4 Å². The number of ether oxygens (including phenoxy) is 1. The van der Waals surface area contributed by atoms with Crippen molar-refractivity contribution in [2.45, 2.75) is 6.04 Å². The minimum atomic E-state index is -0.390. The zero-order valence-electron chi connectivity index (χ0n) is 8.92. The van der Waals surface area contributed by atoms with Crippen LogP contribution >= 0.6 is 0 Å². The van der Waals surface area contributed by atoms with Crippen molar-refractivity contribution in [1.29, 1.82) is 0 Å². The van der Waals surface area contributed by atoms with E-state index in [4.69, 9.17) is 10.5 Å². The first-order valence-electron chi connectivity index (χ1n) is 4.95. The molecule has 0 aliphatic carbocycles. The van der Waals surface area contributed by atoms with Gasteiger partial charge in [-0.2, -0.15) is 0 Å². The first kappa shape index (κ1) is 10.7. The van der Waals surface area contributed by atoms with Gasteiger partial charge in [-0.25, -0.2) is 0 Å². The monoisotopic (exact) mass is 223 g/mol.